The van der Waals surface area contributed by atoms with Crippen LogP contribution in [0.3, 0.4) is 0 Å². The van der Waals surface area contributed by atoms with Gasteiger partial charge in [-0.2, -0.15) is 0 Å². The molecule has 1 amide bonds. The summed E-state index contributed by atoms with van der Waals surface area (Å²) in [6, 6.07) is 9.54. The number of carbonyl (C=O) groups is 1. The Kier molecular flexibility index (Phi) is 3.75. The van der Waals surface area contributed by atoms with Gasteiger partial charge in [0.1, 0.15) is 0 Å². The molecule has 72 valence electrons. The molecule has 0 aliphatic heterocycles. The first-order valence-electron chi connectivity index (χ1n) is 4.48. The third-order valence-corrected chi connectivity index (χ3v) is 1.86. The van der Waals surface area contributed by atoms with Gasteiger partial charge < -0.3 is 4.90 Å². The number of nitrogens with zero attached hydrogens (tertiary/aromatic N) is 1. The summed E-state index contributed by atoms with van der Waals surface area (Å²) in [4.78, 5) is 13.0. The van der Waals surface area contributed by atoms with Crippen LogP contribution >= 0.6 is 0 Å². The Labute approximate surface area is 84.5 Å². The first-order valence-corrected chi connectivity index (χ1v) is 4.48. The van der Waals surface area contributed by atoms with Crippen LogP contribution in [0.5, 0.6) is 0 Å². The molecule has 1 rings (SSSR count). The van der Waals surface area contributed by atoms with Crippen LogP contribution in [0.4, 0.5) is 5.69 Å². The van der Waals surface area contributed by atoms with Crippen LogP contribution in [0.15, 0.2) is 30.3 Å². The van der Waals surface area contributed by atoms with E-state index in [0.29, 0.717) is 6.54 Å². The van der Waals surface area contributed by atoms with Crippen molar-refractivity contribution < 1.29 is 4.79 Å². The van der Waals surface area contributed by atoms with Crippen LogP contribution < -0.4 is 4.90 Å². The number of carbonyl (C=O) groups excluding carboxylic acids is 1. The summed E-state index contributed by atoms with van der Waals surface area (Å²) >= 11 is 0. The highest BCUT2D eigenvalue weighted by Crippen LogP contribution is 2.12. The van der Waals surface area contributed by atoms with Crippen molar-refractivity contribution in [3.63, 3.8) is 0 Å². The van der Waals surface area contributed by atoms with Crippen LogP contribution in [0.1, 0.15) is 13.8 Å². The fraction of sp³-hybridized carbons (Fsp3) is 0.250. The van der Waals surface area contributed by atoms with Gasteiger partial charge in [-0.25, -0.2) is 0 Å². The van der Waals surface area contributed by atoms with E-state index in [0.717, 1.165) is 5.69 Å². The third-order valence-electron chi connectivity index (χ3n) is 1.86. The van der Waals surface area contributed by atoms with E-state index in [-0.39, 0.29) is 5.91 Å². The van der Waals surface area contributed by atoms with Crippen LogP contribution in [-0.2, 0) is 4.79 Å². The molecule has 2 heteroatoms. The molecule has 0 atom stereocenters. The van der Waals surface area contributed by atoms with Crippen molar-refractivity contribution in [3.05, 3.63) is 30.3 Å². The van der Waals surface area contributed by atoms with Crippen molar-refractivity contribution in [2.75, 3.05) is 11.4 Å². The summed E-state index contributed by atoms with van der Waals surface area (Å²) in [5.74, 6) is 5.68. The molecule has 0 fully saturated rings. The lowest BCUT2D eigenvalue weighted by atomic mass is 10.3. The molecule has 0 heterocycles. The molecule has 0 aliphatic rings. The standard InChI is InChI=1S/C12H13NO/c1-3-4-10-13(11(2)14)12-8-6-5-7-9-12/h5-9H,10H2,1-2H3. The van der Waals surface area contributed by atoms with Gasteiger partial charge >= 0.3 is 0 Å². The van der Waals surface area contributed by atoms with Crippen molar-refractivity contribution in [2.24, 2.45) is 0 Å². The van der Waals surface area contributed by atoms with Gasteiger partial charge in [0.25, 0.3) is 0 Å². The van der Waals surface area contributed by atoms with E-state index in [4.69, 9.17) is 0 Å². The summed E-state index contributed by atoms with van der Waals surface area (Å²) in [6.45, 7) is 3.77. The Morgan fingerprint density at radius 3 is 2.50 bits per heavy atom. The van der Waals surface area contributed by atoms with E-state index in [2.05, 4.69) is 11.8 Å². The Morgan fingerprint density at radius 1 is 1.36 bits per heavy atom. The number of anilines is 1. The zero-order chi connectivity index (χ0) is 10.4. The minimum absolute atomic E-state index is 0.0129. The van der Waals surface area contributed by atoms with E-state index in [1.54, 1.807) is 18.7 Å². The number of benzene rings is 1. The predicted octanol–water partition coefficient (Wildman–Crippen LogP) is 2.06. The monoisotopic (exact) mass is 187 g/mol. The van der Waals surface area contributed by atoms with Crippen molar-refractivity contribution in [3.8, 4) is 11.8 Å². The van der Waals surface area contributed by atoms with Gasteiger partial charge in [0, 0.05) is 12.6 Å². The molecule has 0 aromatic heterocycles. The smallest absolute Gasteiger partial charge is 0.224 e. The maximum atomic E-state index is 11.3. The predicted molar refractivity (Wildman–Crippen MR) is 57.9 cm³/mol. The van der Waals surface area contributed by atoms with E-state index in [1.807, 2.05) is 30.3 Å². The first kappa shape index (κ1) is 10.3. The minimum atomic E-state index is 0.0129. The molecule has 0 spiro atoms. The molecule has 1 aromatic carbocycles. The van der Waals surface area contributed by atoms with E-state index < -0.39 is 0 Å². The summed E-state index contributed by atoms with van der Waals surface area (Å²) in [6.07, 6.45) is 0. The zero-order valence-corrected chi connectivity index (χ0v) is 8.45. The number of hydrogen-bond acceptors (Lipinski definition) is 1. The molecule has 2 nitrogen and oxygen atoms in total. The maximum absolute atomic E-state index is 11.3. The fourth-order valence-corrected chi connectivity index (χ4v) is 1.15. The Morgan fingerprint density at radius 2 is 2.00 bits per heavy atom. The van der Waals surface area contributed by atoms with Gasteiger partial charge in [0.05, 0.1) is 6.54 Å². The van der Waals surface area contributed by atoms with E-state index in [9.17, 15) is 4.79 Å². The summed E-state index contributed by atoms with van der Waals surface area (Å²) < 4.78 is 0. The van der Waals surface area contributed by atoms with Gasteiger partial charge in [-0.1, -0.05) is 24.1 Å². The largest absolute Gasteiger partial charge is 0.301 e. The SMILES string of the molecule is CC#CCN(C(C)=O)c1ccccc1. The number of amides is 1. The molecule has 0 saturated heterocycles. The van der Waals surface area contributed by atoms with Gasteiger partial charge in [-0.05, 0) is 19.1 Å². The lowest BCUT2D eigenvalue weighted by Gasteiger charge is -2.17. The van der Waals surface area contributed by atoms with Crippen LogP contribution in [0.2, 0.25) is 0 Å². The average molecular weight is 187 g/mol. The normalized spacial score (nSPS) is 8.71. The molecule has 0 saturated carbocycles. The highest BCUT2D eigenvalue weighted by Gasteiger charge is 2.08. The summed E-state index contributed by atoms with van der Waals surface area (Å²) in [5, 5.41) is 0. The van der Waals surface area contributed by atoms with Gasteiger partial charge in [0.15, 0.2) is 0 Å². The summed E-state index contributed by atoms with van der Waals surface area (Å²) in [5.41, 5.74) is 0.891. The number of para-hydroxylation sites is 1. The molecular formula is C12H13NO. The molecule has 0 unspecified atom stereocenters. The number of rotatable bonds is 2. The van der Waals surface area contributed by atoms with Crippen molar-refractivity contribution in [1.82, 2.24) is 0 Å². The van der Waals surface area contributed by atoms with Gasteiger partial charge in [-0.3, -0.25) is 4.79 Å². The average Bonchev–Trinajstić information content (AvgIpc) is 2.19. The molecule has 0 aliphatic carbocycles. The quantitative estimate of drug-likeness (QED) is 0.649. The Balaban J connectivity index is 2.87. The lowest BCUT2D eigenvalue weighted by Crippen LogP contribution is -2.28. The second-order valence-corrected chi connectivity index (χ2v) is 2.87. The summed E-state index contributed by atoms with van der Waals surface area (Å²) in [7, 11) is 0. The molecule has 0 bridgehead atoms. The zero-order valence-electron chi connectivity index (χ0n) is 8.45. The van der Waals surface area contributed by atoms with Crippen LogP contribution in [0, 0.1) is 11.8 Å². The Bertz CT molecular complexity index is 359. The minimum Gasteiger partial charge on any atom is -0.301 e. The second kappa shape index (κ2) is 5.08. The molecule has 0 N–H and O–H groups in total. The molecule has 1 aromatic rings. The highest BCUT2D eigenvalue weighted by molar-refractivity contribution is 5.91. The fourth-order valence-electron chi connectivity index (χ4n) is 1.15. The van der Waals surface area contributed by atoms with Crippen molar-refractivity contribution in [2.45, 2.75) is 13.8 Å². The van der Waals surface area contributed by atoms with Gasteiger partial charge in [0.2, 0.25) is 5.91 Å². The third kappa shape index (κ3) is 2.63. The molecule has 14 heavy (non-hydrogen) atoms. The maximum Gasteiger partial charge on any atom is 0.224 e. The van der Waals surface area contributed by atoms with Gasteiger partial charge in [-0.15, -0.1) is 5.92 Å². The van der Waals surface area contributed by atoms with Crippen molar-refractivity contribution >= 4 is 11.6 Å². The van der Waals surface area contributed by atoms with Crippen LogP contribution in [-0.4, -0.2) is 12.5 Å². The molecule has 0 radical (unpaired) electrons. The topological polar surface area (TPSA) is 20.3 Å². The van der Waals surface area contributed by atoms with E-state index >= 15 is 0 Å². The van der Waals surface area contributed by atoms with Crippen molar-refractivity contribution in [1.29, 1.82) is 0 Å². The Hall–Kier alpha value is -1.75. The van der Waals surface area contributed by atoms with E-state index in [1.165, 1.54) is 0 Å². The molecular weight excluding hydrogens is 174 g/mol. The van der Waals surface area contributed by atoms with Crippen LogP contribution in [0.25, 0.3) is 0 Å². The lowest BCUT2D eigenvalue weighted by molar-refractivity contribution is -0.116. The second-order valence-electron chi connectivity index (χ2n) is 2.87. The first-order chi connectivity index (χ1) is 6.75. The number of hydrogen-bond donors (Lipinski definition) is 0. The highest BCUT2D eigenvalue weighted by atomic mass is 16.2.